The fourth-order valence-electron chi connectivity index (χ4n) is 3.59. The fraction of sp³-hybridized carbons (Fsp3) is 0.400. The van der Waals surface area contributed by atoms with Gasteiger partial charge in [0, 0.05) is 50.4 Å². The van der Waals surface area contributed by atoms with E-state index in [-0.39, 0.29) is 9.92 Å². The molecule has 2 N–H and O–H groups in total. The normalized spacial score (nSPS) is 18.7. The Hall–Kier alpha value is -1.71. The minimum absolute atomic E-state index is 0.0357. The summed E-state index contributed by atoms with van der Waals surface area (Å²) >= 11 is 5.84. The maximum atomic E-state index is 13.4. The maximum Gasteiger partial charge on any atom is 0.238 e. The van der Waals surface area contributed by atoms with Crippen molar-refractivity contribution in [3.05, 3.63) is 52.8 Å². The molecule has 0 radical (unpaired) electrons. The molecule has 0 amide bonds. The van der Waals surface area contributed by atoms with Gasteiger partial charge in [0.1, 0.15) is 17.3 Å². The Bertz CT molecular complexity index is 1010. The molecule has 1 aliphatic heterocycles. The number of nitrogens with two attached hydrogens (primary N) is 1. The first kappa shape index (κ1) is 20.6. The molecule has 2 aliphatic rings. The van der Waals surface area contributed by atoms with Gasteiger partial charge >= 0.3 is 0 Å². The maximum absolute atomic E-state index is 13.4. The molecule has 0 aromatic heterocycles. The van der Waals surface area contributed by atoms with Gasteiger partial charge < -0.3 is 4.74 Å². The zero-order chi connectivity index (χ0) is 20.6. The van der Waals surface area contributed by atoms with Crippen LogP contribution in [0.1, 0.15) is 18.4 Å². The zero-order valence-corrected chi connectivity index (χ0v) is 17.4. The second-order valence-corrected chi connectivity index (χ2v) is 9.50. The lowest BCUT2D eigenvalue weighted by Crippen LogP contribution is -2.46. The van der Waals surface area contributed by atoms with Crippen molar-refractivity contribution in [2.75, 3.05) is 26.2 Å². The number of rotatable bonds is 6. The van der Waals surface area contributed by atoms with E-state index in [0.29, 0.717) is 23.6 Å². The zero-order valence-electron chi connectivity index (χ0n) is 15.9. The van der Waals surface area contributed by atoms with Crippen LogP contribution in [0, 0.1) is 5.82 Å². The quantitative estimate of drug-likeness (QED) is 0.748. The Morgan fingerprint density at radius 2 is 1.83 bits per heavy atom. The van der Waals surface area contributed by atoms with E-state index in [0.717, 1.165) is 32.2 Å². The number of benzene rings is 2. The highest BCUT2D eigenvalue weighted by molar-refractivity contribution is 7.89. The third-order valence-electron chi connectivity index (χ3n) is 5.34. The van der Waals surface area contributed by atoms with Crippen LogP contribution in [0.5, 0.6) is 11.5 Å². The van der Waals surface area contributed by atoms with Crippen LogP contribution < -0.4 is 9.88 Å². The summed E-state index contributed by atoms with van der Waals surface area (Å²) < 4.78 is 42.9. The Morgan fingerprint density at radius 1 is 1.10 bits per heavy atom. The van der Waals surface area contributed by atoms with Crippen LogP contribution in [0.15, 0.2) is 41.3 Å². The first-order valence-corrected chi connectivity index (χ1v) is 11.5. The summed E-state index contributed by atoms with van der Waals surface area (Å²) in [5.74, 6) is 0.335. The van der Waals surface area contributed by atoms with E-state index in [1.165, 1.54) is 37.1 Å². The van der Waals surface area contributed by atoms with Gasteiger partial charge in [-0.2, -0.15) is 0 Å². The van der Waals surface area contributed by atoms with Crippen LogP contribution in [0.2, 0.25) is 5.02 Å². The van der Waals surface area contributed by atoms with Crippen molar-refractivity contribution in [1.82, 2.24) is 9.80 Å². The van der Waals surface area contributed by atoms with Crippen molar-refractivity contribution in [3.63, 3.8) is 0 Å². The van der Waals surface area contributed by atoms with Crippen molar-refractivity contribution >= 4 is 21.6 Å². The van der Waals surface area contributed by atoms with E-state index in [2.05, 4.69) is 9.80 Å². The lowest BCUT2D eigenvalue weighted by atomic mass is 10.1. The van der Waals surface area contributed by atoms with E-state index in [1.54, 1.807) is 12.1 Å². The molecule has 0 unspecified atom stereocenters. The predicted octanol–water partition coefficient (Wildman–Crippen LogP) is 3.20. The van der Waals surface area contributed by atoms with Gasteiger partial charge in [0.05, 0.1) is 9.92 Å². The van der Waals surface area contributed by atoms with Gasteiger partial charge in [0.25, 0.3) is 0 Å². The minimum atomic E-state index is -3.83. The van der Waals surface area contributed by atoms with E-state index < -0.39 is 15.8 Å². The summed E-state index contributed by atoms with van der Waals surface area (Å²) in [7, 11) is -3.83. The molecule has 1 aliphatic carbocycles. The Morgan fingerprint density at radius 3 is 2.45 bits per heavy atom. The van der Waals surface area contributed by atoms with Crippen molar-refractivity contribution in [1.29, 1.82) is 0 Å². The Labute approximate surface area is 175 Å². The van der Waals surface area contributed by atoms with Gasteiger partial charge in [-0.25, -0.2) is 17.9 Å². The predicted molar refractivity (Wildman–Crippen MR) is 109 cm³/mol. The number of sulfonamides is 1. The molecular formula is C20H23ClFN3O3S. The molecule has 2 aromatic rings. The summed E-state index contributed by atoms with van der Waals surface area (Å²) in [5.41, 5.74) is 0.705. The minimum Gasteiger partial charge on any atom is -0.457 e. The van der Waals surface area contributed by atoms with Crippen molar-refractivity contribution in [2.24, 2.45) is 5.14 Å². The summed E-state index contributed by atoms with van der Waals surface area (Å²) in [6, 6.07) is 9.37. The van der Waals surface area contributed by atoms with Gasteiger partial charge in [0.15, 0.2) is 0 Å². The average Bonchev–Trinajstić information content (AvgIpc) is 3.51. The molecule has 156 valence electrons. The fourth-order valence-corrected chi connectivity index (χ4v) is 4.33. The number of ether oxygens (including phenoxy) is 1. The first-order valence-electron chi connectivity index (χ1n) is 9.54. The van der Waals surface area contributed by atoms with Crippen LogP contribution in [0.3, 0.4) is 0 Å². The van der Waals surface area contributed by atoms with Crippen LogP contribution in [-0.2, 0) is 16.6 Å². The number of hydrogen-bond donors (Lipinski definition) is 1. The molecule has 29 heavy (non-hydrogen) atoms. The number of halogens is 2. The molecule has 1 saturated carbocycles. The molecule has 2 aromatic carbocycles. The second kappa shape index (κ2) is 8.20. The van der Waals surface area contributed by atoms with Crippen LogP contribution >= 0.6 is 11.6 Å². The molecule has 0 bridgehead atoms. The topological polar surface area (TPSA) is 75.9 Å². The second-order valence-electron chi connectivity index (χ2n) is 7.54. The van der Waals surface area contributed by atoms with E-state index in [9.17, 15) is 12.8 Å². The first-order chi connectivity index (χ1) is 13.8. The van der Waals surface area contributed by atoms with Gasteiger partial charge in [-0.1, -0.05) is 11.6 Å². The summed E-state index contributed by atoms with van der Waals surface area (Å²) in [6.07, 6.45) is 2.57. The Balaban J connectivity index is 1.56. The molecule has 1 saturated heterocycles. The third kappa shape index (κ3) is 5.07. The number of piperazine rings is 1. The molecule has 4 rings (SSSR count). The van der Waals surface area contributed by atoms with Crippen LogP contribution in [0.4, 0.5) is 4.39 Å². The summed E-state index contributed by atoms with van der Waals surface area (Å²) in [5, 5.41) is 5.27. The smallest absolute Gasteiger partial charge is 0.238 e. The van der Waals surface area contributed by atoms with Crippen molar-refractivity contribution in [2.45, 2.75) is 30.3 Å². The highest BCUT2D eigenvalue weighted by atomic mass is 35.5. The van der Waals surface area contributed by atoms with Crippen LogP contribution in [-0.4, -0.2) is 50.4 Å². The highest BCUT2D eigenvalue weighted by Gasteiger charge is 2.31. The van der Waals surface area contributed by atoms with Crippen molar-refractivity contribution < 1.29 is 17.5 Å². The number of nitrogens with zero attached hydrogens (tertiary/aromatic N) is 2. The van der Waals surface area contributed by atoms with Gasteiger partial charge in [-0.05, 0) is 43.2 Å². The molecule has 2 fully saturated rings. The van der Waals surface area contributed by atoms with E-state index >= 15 is 0 Å². The molecule has 1 heterocycles. The standard InChI is InChI=1S/C20H23ClFN3O3S/c21-18-12-16(3-5-19(18)22)28-20-6-4-17(29(23,26)27)11-14(20)13-24-7-9-25(10-8-24)15-1-2-15/h3-6,11-12,15H,1-2,7-10,13H2,(H2,23,26,27). The summed E-state index contributed by atoms with van der Waals surface area (Å²) in [6.45, 7) is 4.34. The number of primary sulfonamides is 1. The lowest BCUT2D eigenvalue weighted by molar-refractivity contribution is 0.121. The lowest BCUT2D eigenvalue weighted by Gasteiger charge is -2.35. The Kier molecular flexibility index (Phi) is 5.81. The third-order valence-corrected chi connectivity index (χ3v) is 6.54. The largest absolute Gasteiger partial charge is 0.457 e. The molecule has 0 spiro atoms. The van der Waals surface area contributed by atoms with Gasteiger partial charge in [-0.3, -0.25) is 9.80 Å². The van der Waals surface area contributed by atoms with Crippen molar-refractivity contribution in [3.8, 4) is 11.5 Å². The molecule has 9 heteroatoms. The highest BCUT2D eigenvalue weighted by Crippen LogP contribution is 2.32. The van der Waals surface area contributed by atoms with E-state index in [4.69, 9.17) is 21.5 Å². The molecule has 0 atom stereocenters. The SMILES string of the molecule is NS(=O)(=O)c1ccc(Oc2ccc(F)c(Cl)c2)c(CN2CCN(C3CC3)CC2)c1. The van der Waals surface area contributed by atoms with Gasteiger partial charge in [0.2, 0.25) is 10.0 Å². The summed E-state index contributed by atoms with van der Waals surface area (Å²) in [4.78, 5) is 4.81. The average molecular weight is 440 g/mol. The monoisotopic (exact) mass is 439 g/mol. The molecular weight excluding hydrogens is 417 g/mol. The van der Waals surface area contributed by atoms with Gasteiger partial charge in [-0.15, -0.1) is 0 Å². The molecule has 6 nitrogen and oxygen atoms in total. The number of hydrogen-bond acceptors (Lipinski definition) is 5. The van der Waals surface area contributed by atoms with Crippen LogP contribution in [0.25, 0.3) is 0 Å². The van der Waals surface area contributed by atoms with E-state index in [1.807, 2.05) is 0 Å².